The molecule has 0 radical (unpaired) electrons. The summed E-state index contributed by atoms with van der Waals surface area (Å²) in [6.45, 7) is 3.42. The summed E-state index contributed by atoms with van der Waals surface area (Å²) in [5.41, 5.74) is 1.56. The second kappa shape index (κ2) is 11.2. The van der Waals surface area contributed by atoms with Gasteiger partial charge in [0.1, 0.15) is 0 Å². The van der Waals surface area contributed by atoms with Crippen molar-refractivity contribution in [3.8, 4) is 0 Å². The number of para-hydroxylation sites is 1. The zero-order valence-electron chi connectivity index (χ0n) is 16.7. The molecule has 5 amide bonds. The molecule has 0 unspecified atom stereocenters. The molecule has 0 aliphatic heterocycles. The summed E-state index contributed by atoms with van der Waals surface area (Å²) < 4.78 is 4.91. The zero-order valence-corrected chi connectivity index (χ0v) is 16.7. The molecule has 0 bridgehead atoms. The van der Waals surface area contributed by atoms with Gasteiger partial charge in [-0.25, -0.2) is 14.4 Å². The number of ether oxygens (including phenoxy) is 1. The Morgan fingerprint density at radius 1 is 0.900 bits per heavy atom. The van der Waals surface area contributed by atoms with Crippen molar-refractivity contribution in [3.05, 3.63) is 65.7 Å². The molecule has 2 aromatic rings. The Kier molecular flexibility index (Phi) is 8.37. The summed E-state index contributed by atoms with van der Waals surface area (Å²) in [6.07, 6.45) is 0. The summed E-state index contributed by atoms with van der Waals surface area (Å²) >= 11 is 0. The number of imide groups is 1. The van der Waals surface area contributed by atoms with Gasteiger partial charge in [-0.1, -0.05) is 30.3 Å². The second-order valence-electron chi connectivity index (χ2n) is 6.62. The number of amides is 5. The Morgan fingerprint density at radius 3 is 2.20 bits per heavy atom. The van der Waals surface area contributed by atoms with Crippen molar-refractivity contribution in [2.75, 3.05) is 11.9 Å². The van der Waals surface area contributed by atoms with Gasteiger partial charge in [0.2, 0.25) is 0 Å². The number of urea groups is 2. The highest BCUT2D eigenvalue weighted by Gasteiger charge is 2.13. The molecule has 0 fully saturated rings. The fourth-order valence-corrected chi connectivity index (χ4v) is 2.32. The van der Waals surface area contributed by atoms with Gasteiger partial charge in [0.05, 0.1) is 5.56 Å². The largest absolute Gasteiger partial charge is 0.452 e. The number of carbonyl (C=O) groups excluding carboxylic acids is 4. The van der Waals surface area contributed by atoms with Gasteiger partial charge in [-0.2, -0.15) is 0 Å². The van der Waals surface area contributed by atoms with Crippen molar-refractivity contribution < 1.29 is 23.9 Å². The first kappa shape index (κ1) is 22.4. The molecule has 30 heavy (non-hydrogen) atoms. The quantitative estimate of drug-likeness (QED) is 0.520. The van der Waals surface area contributed by atoms with E-state index in [0.717, 1.165) is 5.56 Å². The van der Waals surface area contributed by atoms with E-state index in [4.69, 9.17) is 4.74 Å². The Morgan fingerprint density at radius 2 is 1.57 bits per heavy atom. The minimum absolute atomic E-state index is 0.0313. The van der Waals surface area contributed by atoms with Crippen LogP contribution in [0.3, 0.4) is 0 Å². The topological polar surface area (TPSA) is 126 Å². The Hall–Kier alpha value is -3.88. The first-order valence-electron chi connectivity index (χ1n) is 9.30. The third-order valence-electron chi connectivity index (χ3n) is 3.68. The molecular weight excluding hydrogens is 388 g/mol. The number of hydrogen-bond donors (Lipinski definition) is 4. The first-order valence-corrected chi connectivity index (χ1v) is 9.30. The standard InChI is InChI=1S/C21H24N4O5/c1-14(2)23-20(28)22-12-15-8-10-16(11-9-15)19(27)30-13-18(26)25-21(29)24-17-6-4-3-5-7-17/h3-11,14H,12-13H2,1-2H3,(H2,22,23,28)(H2,24,25,26,29). The maximum atomic E-state index is 12.0. The second-order valence-corrected chi connectivity index (χ2v) is 6.62. The molecule has 158 valence electrons. The molecule has 2 aromatic carbocycles. The average molecular weight is 412 g/mol. The average Bonchev–Trinajstić information content (AvgIpc) is 2.71. The normalized spacial score (nSPS) is 10.1. The number of benzene rings is 2. The van der Waals surface area contributed by atoms with E-state index in [9.17, 15) is 19.2 Å². The molecule has 0 aliphatic rings. The van der Waals surface area contributed by atoms with Crippen LogP contribution >= 0.6 is 0 Å². The lowest BCUT2D eigenvalue weighted by Crippen LogP contribution is -2.39. The Balaban J connectivity index is 1.74. The summed E-state index contributed by atoms with van der Waals surface area (Å²) in [5.74, 6) is -1.46. The van der Waals surface area contributed by atoms with Crippen molar-refractivity contribution in [2.45, 2.75) is 26.4 Å². The van der Waals surface area contributed by atoms with Crippen LogP contribution in [0.15, 0.2) is 54.6 Å². The molecule has 0 heterocycles. The van der Waals surface area contributed by atoms with Crippen molar-refractivity contribution in [1.82, 2.24) is 16.0 Å². The van der Waals surface area contributed by atoms with Crippen LogP contribution in [0, 0.1) is 0 Å². The van der Waals surface area contributed by atoms with E-state index in [1.807, 2.05) is 13.8 Å². The van der Waals surface area contributed by atoms with E-state index in [-0.39, 0.29) is 17.6 Å². The van der Waals surface area contributed by atoms with E-state index < -0.39 is 24.5 Å². The van der Waals surface area contributed by atoms with Crippen molar-refractivity contribution in [3.63, 3.8) is 0 Å². The smallest absolute Gasteiger partial charge is 0.338 e. The van der Waals surface area contributed by atoms with E-state index in [2.05, 4.69) is 21.3 Å². The lowest BCUT2D eigenvalue weighted by Gasteiger charge is -2.10. The predicted molar refractivity (Wildman–Crippen MR) is 111 cm³/mol. The number of anilines is 1. The van der Waals surface area contributed by atoms with Gasteiger partial charge >= 0.3 is 18.0 Å². The molecule has 9 nitrogen and oxygen atoms in total. The number of esters is 1. The molecule has 2 rings (SSSR count). The van der Waals surface area contributed by atoms with Crippen LogP contribution in [0.1, 0.15) is 29.8 Å². The maximum absolute atomic E-state index is 12.0. The van der Waals surface area contributed by atoms with Crippen LogP contribution < -0.4 is 21.3 Å². The van der Waals surface area contributed by atoms with E-state index >= 15 is 0 Å². The SMILES string of the molecule is CC(C)NC(=O)NCc1ccc(C(=O)OCC(=O)NC(=O)Nc2ccccc2)cc1. The van der Waals surface area contributed by atoms with Gasteiger partial charge in [-0.15, -0.1) is 0 Å². The van der Waals surface area contributed by atoms with Crippen molar-refractivity contribution >= 4 is 29.6 Å². The van der Waals surface area contributed by atoms with Gasteiger partial charge < -0.3 is 20.7 Å². The van der Waals surface area contributed by atoms with Gasteiger partial charge in [0, 0.05) is 18.3 Å². The molecule has 0 aromatic heterocycles. The van der Waals surface area contributed by atoms with Gasteiger partial charge in [0.25, 0.3) is 5.91 Å². The predicted octanol–water partition coefficient (Wildman–Crippen LogP) is 2.40. The molecule has 9 heteroatoms. The maximum Gasteiger partial charge on any atom is 0.338 e. The Bertz CT molecular complexity index is 882. The third kappa shape index (κ3) is 8.01. The molecule has 0 saturated heterocycles. The van der Waals surface area contributed by atoms with Crippen LogP contribution in [0.25, 0.3) is 0 Å². The summed E-state index contributed by atoms with van der Waals surface area (Å²) in [5, 5.41) is 9.96. The molecule has 0 spiro atoms. The molecular formula is C21H24N4O5. The lowest BCUT2D eigenvalue weighted by molar-refractivity contribution is -0.123. The highest BCUT2D eigenvalue weighted by Crippen LogP contribution is 2.06. The van der Waals surface area contributed by atoms with Crippen LogP contribution in [0.2, 0.25) is 0 Å². The van der Waals surface area contributed by atoms with Crippen molar-refractivity contribution in [1.29, 1.82) is 0 Å². The Labute approximate surface area is 174 Å². The van der Waals surface area contributed by atoms with Gasteiger partial charge in [0.15, 0.2) is 6.61 Å². The first-order chi connectivity index (χ1) is 14.3. The lowest BCUT2D eigenvalue weighted by atomic mass is 10.1. The number of nitrogens with one attached hydrogen (secondary N) is 4. The number of rotatable bonds is 7. The van der Waals surface area contributed by atoms with Crippen LogP contribution in [-0.4, -0.2) is 36.6 Å². The minimum Gasteiger partial charge on any atom is -0.452 e. The monoisotopic (exact) mass is 412 g/mol. The molecule has 0 aliphatic carbocycles. The van der Waals surface area contributed by atoms with E-state index in [1.165, 1.54) is 12.1 Å². The third-order valence-corrected chi connectivity index (χ3v) is 3.68. The highest BCUT2D eigenvalue weighted by atomic mass is 16.5. The molecule has 0 saturated carbocycles. The minimum atomic E-state index is -0.756. The van der Waals surface area contributed by atoms with Crippen LogP contribution in [0.4, 0.5) is 15.3 Å². The van der Waals surface area contributed by atoms with Crippen molar-refractivity contribution in [2.24, 2.45) is 0 Å². The summed E-state index contributed by atoms with van der Waals surface area (Å²) in [6, 6.07) is 14.0. The van der Waals surface area contributed by atoms with Gasteiger partial charge in [-0.05, 0) is 43.7 Å². The van der Waals surface area contributed by atoms with Gasteiger partial charge in [-0.3, -0.25) is 10.1 Å². The fraction of sp³-hybridized carbons (Fsp3) is 0.238. The number of carbonyl (C=O) groups is 4. The van der Waals surface area contributed by atoms with E-state index in [1.54, 1.807) is 42.5 Å². The van der Waals surface area contributed by atoms with Crippen LogP contribution in [0.5, 0.6) is 0 Å². The van der Waals surface area contributed by atoms with E-state index in [0.29, 0.717) is 12.2 Å². The highest BCUT2D eigenvalue weighted by molar-refractivity contribution is 6.02. The molecule has 0 atom stereocenters. The number of hydrogen-bond acceptors (Lipinski definition) is 5. The fourth-order valence-electron chi connectivity index (χ4n) is 2.32. The zero-order chi connectivity index (χ0) is 21.9. The summed E-state index contributed by atoms with van der Waals surface area (Å²) in [4.78, 5) is 47.1. The van der Waals surface area contributed by atoms with Crippen LogP contribution in [-0.2, 0) is 16.1 Å². The molecule has 4 N–H and O–H groups in total. The summed E-state index contributed by atoms with van der Waals surface area (Å²) in [7, 11) is 0.